The van der Waals surface area contributed by atoms with Crippen molar-refractivity contribution in [2.75, 3.05) is 31.5 Å². The molecule has 2 N–H and O–H groups in total. The summed E-state index contributed by atoms with van der Waals surface area (Å²) in [5, 5.41) is 6.51. The SMILES string of the molecule is CCOc1ccccc1Nc1nc(C)cc(Nc2ccc(OC)cc2OC)n1. The van der Waals surface area contributed by atoms with Crippen molar-refractivity contribution in [2.24, 2.45) is 0 Å². The highest BCUT2D eigenvalue weighted by Crippen LogP contribution is 2.32. The molecule has 0 bridgehead atoms. The molecule has 0 saturated carbocycles. The van der Waals surface area contributed by atoms with Gasteiger partial charge in [0.1, 0.15) is 23.1 Å². The summed E-state index contributed by atoms with van der Waals surface area (Å²) in [6.07, 6.45) is 0. The van der Waals surface area contributed by atoms with Gasteiger partial charge >= 0.3 is 0 Å². The highest BCUT2D eigenvalue weighted by Gasteiger charge is 2.10. The monoisotopic (exact) mass is 380 g/mol. The molecule has 1 heterocycles. The summed E-state index contributed by atoms with van der Waals surface area (Å²) in [5.74, 6) is 3.25. The van der Waals surface area contributed by atoms with Crippen LogP contribution in [-0.2, 0) is 0 Å². The van der Waals surface area contributed by atoms with E-state index in [9.17, 15) is 0 Å². The molecule has 3 rings (SSSR count). The zero-order valence-corrected chi connectivity index (χ0v) is 16.4. The minimum Gasteiger partial charge on any atom is -0.497 e. The lowest BCUT2D eigenvalue weighted by atomic mass is 10.2. The van der Waals surface area contributed by atoms with Gasteiger partial charge in [-0.15, -0.1) is 0 Å². The third-order valence-corrected chi connectivity index (χ3v) is 3.96. The van der Waals surface area contributed by atoms with Crippen LogP contribution in [0, 0.1) is 6.92 Å². The summed E-state index contributed by atoms with van der Waals surface area (Å²) in [6, 6.07) is 15.1. The van der Waals surface area contributed by atoms with Crippen molar-refractivity contribution in [1.29, 1.82) is 0 Å². The predicted molar refractivity (Wildman–Crippen MR) is 110 cm³/mol. The van der Waals surface area contributed by atoms with Crippen molar-refractivity contribution in [2.45, 2.75) is 13.8 Å². The Labute approximate surface area is 164 Å². The number of para-hydroxylation sites is 2. The van der Waals surface area contributed by atoms with E-state index in [0.717, 1.165) is 28.6 Å². The Kier molecular flexibility index (Phi) is 6.16. The fourth-order valence-electron chi connectivity index (χ4n) is 2.70. The Bertz CT molecular complexity index is 947. The summed E-state index contributed by atoms with van der Waals surface area (Å²) in [5.41, 5.74) is 2.41. The molecule has 0 saturated heterocycles. The molecule has 0 radical (unpaired) electrons. The maximum Gasteiger partial charge on any atom is 0.229 e. The van der Waals surface area contributed by atoms with Crippen molar-refractivity contribution in [3.05, 3.63) is 54.2 Å². The van der Waals surface area contributed by atoms with Gasteiger partial charge < -0.3 is 24.8 Å². The quantitative estimate of drug-likeness (QED) is 0.587. The van der Waals surface area contributed by atoms with Gasteiger partial charge in [0.2, 0.25) is 5.95 Å². The number of aryl methyl sites for hydroxylation is 1. The van der Waals surface area contributed by atoms with Crippen LogP contribution >= 0.6 is 0 Å². The lowest BCUT2D eigenvalue weighted by Crippen LogP contribution is -2.04. The van der Waals surface area contributed by atoms with Crippen LogP contribution in [0.15, 0.2) is 48.5 Å². The highest BCUT2D eigenvalue weighted by atomic mass is 16.5. The van der Waals surface area contributed by atoms with Crippen LogP contribution in [0.25, 0.3) is 0 Å². The first-order valence-electron chi connectivity index (χ1n) is 8.96. The van der Waals surface area contributed by atoms with E-state index in [4.69, 9.17) is 14.2 Å². The second-order valence-electron chi connectivity index (χ2n) is 5.96. The molecule has 3 aromatic rings. The van der Waals surface area contributed by atoms with Gasteiger partial charge in [-0.05, 0) is 38.1 Å². The van der Waals surface area contributed by atoms with Crippen LogP contribution in [0.4, 0.5) is 23.1 Å². The molecule has 7 nitrogen and oxygen atoms in total. The minimum atomic E-state index is 0.474. The van der Waals surface area contributed by atoms with Crippen LogP contribution in [0.2, 0.25) is 0 Å². The van der Waals surface area contributed by atoms with E-state index in [1.54, 1.807) is 14.2 Å². The fourth-order valence-corrected chi connectivity index (χ4v) is 2.70. The van der Waals surface area contributed by atoms with Crippen molar-refractivity contribution < 1.29 is 14.2 Å². The normalized spacial score (nSPS) is 10.3. The van der Waals surface area contributed by atoms with Crippen LogP contribution in [-0.4, -0.2) is 30.8 Å². The number of hydrogen-bond donors (Lipinski definition) is 2. The lowest BCUT2D eigenvalue weighted by Gasteiger charge is -2.14. The summed E-state index contributed by atoms with van der Waals surface area (Å²) < 4.78 is 16.3. The maximum absolute atomic E-state index is 5.66. The number of methoxy groups -OCH3 is 2. The molecule has 146 valence electrons. The second-order valence-corrected chi connectivity index (χ2v) is 5.96. The van der Waals surface area contributed by atoms with Gasteiger partial charge in [-0.25, -0.2) is 4.98 Å². The first-order chi connectivity index (χ1) is 13.6. The molecule has 0 amide bonds. The van der Waals surface area contributed by atoms with E-state index < -0.39 is 0 Å². The van der Waals surface area contributed by atoms with Crippen molar-refractivity contribution in [1.82, 2.24) is 9.97 Å². The molecule has 0 unspecified atom stereocenters. The topological polar surface area (TPSA) is 77.5 Å². The Morgan fingerprint density at radius 3 is 2.39 bits per heavy atom. The lowest BCUT2D eigenvalue weighted by molar-refractivity contribution is 0.342. The summed E-state index contributed by atoms with van der Waals surface area (Å²) in [4.78, 5) is 9.04. The Morgan fingerprint density at radius 1 is 0.857 bits per heavy atom. The number of nitrogens with zero attached hydrogens (tertiary/aromatic N) is 2. The smallest absolute Gasteiger partial charge is 0.229 e. The van der Waals surface area contributed by atoms with Crippen LogP contribution in [0.1, 0.15) is 12.6 Å². The Morgan fingerprint density at radius 2 is 1.64 bits per heavy atom. The van der Waals surface area contributed by atoms with Crippen LogP contribution < -0.4 is 24.8 Å². The van der Waals surface area contributed by atoms with E-state index in [-0.39, 0.29) is 0 Å². The molecule has 28 heavy (non-hydrogen) atoms. The third-order valence-electron chi connectivity index (χ3n) is 3.96. The van der Waals surface area contributed by atoms with Crippen LogP contribution in [0.3, 0.4) is 0 Å². The molecular formula is C21H24N4O3. The summed E-state index contributed by atoms with van der Waals surface area (Å²) in [7, 11) is 3.23. The van der Waals surface area contributed by atoms with E-state index in [1.165, 1.54) is 0 Å². The molecule has 0 fully saturated rings. The average molecular weight is 380 g/mol. The van der Waals surface area contributed by atoms with E-state index in [1.807, 2.05) is 62.4 Å². The van der Waals surface area contributed by atoms with Crippen LogP contribution in [0.5, 0.6) is 17.2 Å². The van der Waals surface area contributed by atoms with Gasteiger partial charge in [-0.1, -0.05) is 12.1 Å². The number of rotatable bonds is 8. The molecule has 0 aliphatic heterocycles. The first kappa shape index (κ1) is 19.3. The molecular weight excluding hydrogens is 356 g/mol. The van der Waals surface area contributed by atoms with Gasteiger partial charge in [-0.2, -0.15) is 4.98 Å². The summed E-state index contributed by atoms with van der Waals surface area (Å²) >= 11 is 0. The second kappa shape index (κ2) is 8.94. The standard InChI is InChI=1S/C21H24N4O3/c1-5-28-18-9-7-6-8-16(18)24-21-22-14(2)12-20(25-21)23-17-11-10-15(26-3)13-19(17)27-4/h6-13H,5H2,1-4H3,(H2,22,23,24,25). The van der Waals surface area contributed by atoms with Gasteiger partial charge in [-0.3, -0.25) is 0 Å². The Balaban J connectivity index is 1.86. The van der Waals surface area contributed by atoms with Crippen molar-refractivity contribution in [3.63, 3.8) is 0 Å². The van der Waals surface area contributed by atoms with E-state index >= 15 is 0 Å². The molecule has 1 aromatic heterocycles. The van der Waals surface area contributed by atoms with Gasteiger partial charge in [0.05, 0.1) is 32.2 Å². The first-order valence-corrected chi connectivity index (χ1v) is 8.96. The van der Waals surface area contributed by atoms with Gasteiger partial charge in [0.15, 0.2) is 0 Å². The molecule has 0 aliphatic carbocycles. The Hall–Kier alpha value is -3.48. The largest absolute Gasteiger partial charge is 0.497 e. The van der Waals surface area contributed by atoms with E-state index in [0.29, 0.717) is 24.1 Å². The van der Waals surface area contributed by atoms with Gasteiger partial charge in [0, 0.05) is 17.8 Å². The van der Waals surface area contributed by atoms with Crippen molar-refractivity contribution >= 4 is 23.1 Å². The minimum absolute atomic E-state index is 0.474. The fraction of sp³-hybridized carbons (Fsp3) is 0.238. The maximum atomic E-state index is 5.66. The average Bonchev–Trinajstić information content (AvgIpc) is 2.69. The number of anilines is 4. The van der Waals surface area contributed by atoms with E-state index in [2.05, 4.69) is 20.6 Å². The number of hydrogen-bond acceptors (Lipinski definition) is 7. The molecule has 0 atom stereocenters. The van der Waals surface area contributed by atoms with Crippen molar-refractivity contribution in [3.8, 4) is 17.2 Å². The molecule has 0 aliphatic rings. The third kappa shape index (κ3) is 4.62. The zero-order valence-electron chi connectivity index (χ0n) is 16.4. The van der Waals surface area contributed by atoms with Gasteiger partial charge in [0.25, 0.3) is 0 Å². The molecule has 2 aromatic carbocycles. The molecule has 7 heteroatoms. The number of nitrogens with one attached hydrogen (secondary N) is 2. The number of benzene rings is 2. The number of aromatic nitrogens is 2. The predicted octanol–water partition coefficient (Wildman–Crippen LogP) is 4.69. The zero-order chi connectivity index (χ0) is 19.9. The molecule has 0 spiro atoms. The highest BCUT2D eigenvalue weighted by molar-refractivity contribution is 5.68. The number of ether oxygens (including phenoxy) is 3. The summed E-state index contributed by atoms with van der Waals surface area (Å²) in [6.45, 7) is 4.44.